The molecule has 1 amide bonds. The molecule has 2 heterocycles. The standard InChI is InChI=1S/C14H13FN2O2/c1-8-2-7-11(19-8)13-12(16)14(18)17(13)10-5-3-9(15)4-6-10/h2-7,12-13H,16H2,1H3/t12-,13+/m1/s1. The molecule has 0 radical (unpaired) electrons. The zero-order valence-electron chi connectivity index (χ0n) is 10.3. The lowest BCUT2D eigenvalue weighted by molar-refractivity contribution is -0.126. The Bertz CT molecular complexity index is 621. The van der Waals surface area contributed by atoms with Gasteiger partial charge in [0.2, 0.25) is 5.91 Å². The van der Waals surface area contributed by atoms with Crippen LogP contribution in [0.3, 0.4) is 0 Å². The number of nitrogens with zero attached hydrogens (tertiary/aromatic N) is 1. The zero-order valence-corrected chi connectivity index (χ0v) is 10.3. The molecule has 0 aliphatic carbocycles. The number of carbonyl (C=O) groups excluding carboxylic acids is 1. The highest BCUT2D eigenvalue weighted by Crippen LogP contribution is 2.38. The van der Waals surface area contributed by atoms with Crippen molar-refractivity contribution in [2.45, 2.75) is 19.0 Å². The van der Waals surface area contributed by atoms with Gasteiger partial charge in [-0.3, -0.25) is 9.69 Å². The Morgan fingerprint density at radius 2 is 1.89 bits per heavy atom. The second-order valence-corrected chi connectivity index (χ2v) is 4.60. The number of β-lactam (4-membered cyclic amide) rings is 1. The topological polar surface area (TPSA) is 59.5 Å². The molecule has 4 nitrogen and oxygen atoms in total. The molecule has 0 bridgehead atoms. The van der Waals surface area contributed by atoms with Gasteiger partial charge in [-0.05, 0) is 43.3 Å². The van der Waals surface area contributed by atoms with Crippen LogP contribution >= 0.6 is 0 Å². The van der Waals surface area contributed by atoms with E-state index in [-0.39, 0.29) is 17.8 Å². The van der Waals surface area contributed by atoms with E-state index in [1.807, 2.05) is 19.1 Å². The summed E-state index contributed by atoms with van der Waals surface area (Å²) in [4.78, 5) is 13.4. The first kappa shape index (κ1) is 11.9. The number of halogens is 1. The number of carbonyl (C=O) groups is 1. The summed E-state index contributed by atoms with van der Waals surface area (Å²) >= 11 is 0. The molecule has 2 N–H and O–H groups in total. The lowest BCUT2D eigenvalue weighted by Gasteiger charge is -2.44. The van der Waals surface area contributed by atoms with Crippen molar-refractivity contribution in [3.63, 3.8) is 0 Å². The van der Waals surface area contributed by atoms with Crippen molar-refractivity contribution in [3.8, 4) is 0 Å². The number of rotatable bonds is 2. The van der Waals surface area contributed by atoms with Gasteiger partial charge in [0, 0.05) is 5.69 Å². The summed E-state index contributed by atoms with van der Waals surface area (Å²) in [6.07, 6.45) is 0. The number of furan rings is 1. The number of aryl methyl sites for hydroxylation is 1. The van der Waals surface area contributed by atoms with Gasteiger partial charge >= 0.3 is 0 Å². The van der Waals surface area contributed by atoms with Gasteiger partial charge in [0.15, 0.2) is 0 Å². The number of amides is 1. The molecule has 5 heteroatoms. The summed E-state index contributed by atoms with van der Waals surface area (Å²) in [6, 6.07) is 8.44. The Labute approximate surface area is 109 Å². The van der Waals surface area contributed by atoms with E-state index >= 15 is 0 Å². The van der Waals surface area contributed by atoms with Crippen LogP contribution in [0.15, 0.2) is 40.8 Å². The van der Waals surface area contributed by atoms with Crippen molar-refractivity contribution in [3.05, 3.63) is 53.7 Å². The van der Waals surface area contributed by atoms with Gasteiger partial charge in [-0.15, -0.1) is 0 Å². The quantitative estimate of drug-likeness (QED) is 0.841. The molecule has 0 spiro atoms. The first-order chi connectivity index (χ1) is 9.08. The molecular weight excluding hydrogens is 247 g/mol. The van der Waals surface area contributed by atoms with Crippen LogP contribution in [0.5, 0.6) is 0 Å². The molecule has 0 saturated carbocycles. The predicted molar refractivity (Wildman–Crippen MR) is 68.0 cm³/mol. The molecule has 1 aliphatic rings. The van der Waals surface area contributed by atoms with Crippen molar-refractivity contribution >= 4 is 11.6 Å². The summed E-state index contributed by atoms with van der Waals surface area (Å²) in [5.41, 5.74) is 6.46. The third-order valence-electron chi connectivity index (χ3n) is 3.30. The third kappa shape index (κ3) is 1.82. The van der Waals surface area contributed by atoms with Crippen LogP contribution in [0.25, 0.3) is 0 Å². The summed E-state index contributed by atoms with van der Waals surface area (Å²) in [6.45, 7) is 1.83. The van der Waals surface area contributed by atoms with Gasteiger partial charge in [0.1, 0.15) is 29.4 Å². The molecule has 2 atom stereocenters. The molecule has 98 valence electrons. The highest BCUT2D eigenvalue weighted by molar-refractivity contribution is 6.05. The predicted octanol–water partition coefficient (Wildman–Crippen LogP) is 2.14. The molecule has 1 fully saturated rings. The molecule has 1 saturated heterocycles. The minimum absolute atomic E-state index is 0.189. The van der Waals surface area contributed by atoms with Gasteiger partial charge in [0.25, 0.3) is 0 Å². The first-order valence-electron chi connectivity index (χ1n) is 5.98. The maximum atomic E-state index is 12.9. The lowest BCUT2D eigenvalue weighted by atomic mass is 9.92. The number of nitrogens with two attached hydrogens (primary N) is 1. The maximum absolute atomic E-state index is 12.9. The van der Waals surface area contributed by atoms with E-state index < -0.39 is 6.04 Å². The van der Waals surface area contributed by atoms with E-state index in [0.717, 1.165) is 5.76 Å². The van der Waals surface area contributed by atoms with E-state index in [0.29, 0.717) is 11.4 Å². The van der Waals surface area contributed by atoms with Crippen LogP contribution in [-0.4, -0.2) is 11.9 Å². The Hall–Kier alpha value is -2.14. The van der Waals surface area contributed by atoms with Gasteiger partial charge in [-0.1, -0.05) is 0 Å². The summed E-state index contributed by atoms with van der Waals surface area (Å²) in [7, 11) is 0. The fraction of sp³-hybridized carbons (Fsp3) is 0.214. The molecule has 1 aromatic carbocycles. The van der Waals surface area contributed by atoms with Crippen LogP contribution in [0, 0.1) is 12.7 Å². The average Bonchev–Trinajstić information content (AvgIpc) is 2.82. The number of hydrogen-bond acceptors (Lipinski definition) is 3. The minimum atomic E-state index is -0.615. The van der Waals surface area contributed by atoms with Gasteiger partial charge < -0.3 is 10.2 Å². The van der Waals surface area contributed by atoms with Crippen LogP contribution in [0.4, 0.5) is 10.1 Å². The summed E-state index contributed by atoms with van der Waals surface area (Å²) < 4.78 is 18.5. The number of benzene rings is 1. The van der Waals surface area contributed by atoms with E-state index in [1.165, 1.54) is 17.0 Å². The van der Waals surface area contributed by atoms with Crippen LogP contribution in [-0.2, 0) is 4.79 Å². The highest BCUT2D eigenvalue weighted by atomic mass is 19.1. The Kier molecular flexibility index (Phi) is 2.64. The van der Waals surface area contributed by atoms with Crippen molar-refractivity contribution in [1.29, 1.82) is 0 Å². The fourth-order valence-electron chi connectivity index (χ4n) is 2.32. The van der Waals surface area contributed by atoms with E-state index in [1.54, 1.807) is 12.1 Å². The minimum Gasteiger partial charge on any atom is -0.464 e. The molecule has 19 heavy (non-hydrogen) atoms. The van der Waals surface area contributed by atoms with E-state index in [2.05, 4.69) is 0 Å². The number of hydrogen-bond donors (Lipinski definition) is 1. The second kappa shape index (κ2) is 4.20. The van der Waals surface area contributed by atoms with Crippen LogP contribution in [0.1, 0.15) is 17.6 Å². The van der Waals surface area contributed by atoms with Crippen LogP contribution < -0.4 is 10.6 Å². The Balaban J connectivity index is 1.95. The van der Waals surface area contributed by atoms with Crippen LogP contribution in [0.2, 0.25) is 0 Å². The molecule has 1 aliphatic heterocycles. The van der Waals surface area contributed by atoms with Gasteiger partial charge in [-0.2, -0.15) is 0 Å². The molecule has 0 unspecified atom stereocenters. The normalized spacial score (nSPS) is 22.5. The Morgan fingerprint density at radius 3 is 2.47 bits per heavy atom. The fourth-order valence-corrected chi connectivity index (χ4v) is 2.32. The maximum Gasteiger partial charge on any atom is 0.247 e. The van der Waals surface area contributed by atoms with Crippen molar-refractivity contribution in [2.24, 2.45) is 5.73 Å². The third-order valence-corrected chi connectivity index (χ3v) is 3.30. The smallest absolute Gasteiger partial charge is 0.247 e. The zero-order chi connectivity index (χ0) is 13.6. The van der Waals surface area contributed by atoms with Crippen molar-refractivity contribution in [1.82, 2.24) is 0 Å². The molecule has 3 rings (SSSR count). The van der Waals surface area contributed by atoms with Gasteiger partial charge in [-0.25, -0.2) is 4.39 Å². The number of anilines is 1. The largest absolute Gasteiger partial charge is 0.464 e. The molecular formula is C14H13FN2O2. The lowest BCUT2D eigenvalue weighted by Crippen LogP contribution is -2.63. The molecule has 1 aromatic heterocycles. The SMILES string of the molecule is Cc1ccc([C@H]2[C@@H](N)C(=O)N2c2ccc(F)cc2)o1. The average molecular weight is 260 g/mol. The van der Waals surface area contributed by atoms with E-state index in [4.69, 9.17) is 10.2 Å². The Morgan fingerprint density at radius 1 is 1.21 bits per heavy atom. The van der Waals surface area contributed by atoms with Crippen molar-refractivity contribution in [2.75, 3.05) is 4.90 Å². The van der Waals surface area contributed by atoms with Gasteiger partial charge in [0.05, 0.1) is 0 Å². The monoisotopic (exact) mass is 260 g/mol. The molecule has 2 aromatic rings. The summed E-state index contributed by atoms with van der Waals surface area (Å²) in [5, 5.41) is 0. The second-order valence-electron chi connectivity index (χ2n) is 4.60. The highest BCUT2D eigenvalue weighted by Gasteiger charge is 2.48. The van der Waals surface area contributed by atoms with E-state index in [9.17, 15) is 9.18 Å². The first-order valence-corrected chi connectivity index (χ1v) is 5.98. The van der Waals surface area contributed by atoms with Crippen molar-refractivity contribution < 1.29 is 13.6 Å². The summed E-state index contributed by atoms with van der Waals surface area (Å²) in [5.74, 6) is 0.881.